The molecule has 1 fully saturated rings. The summed E-state index contributed by atoms with van der Waals surface area (Å²) in [5.41, 5.74) is 0.616. The van der Waals surface area contributed by atoms with E-state index in [4.69, 9.17) is 4.74 Å². The molecular formula is C22H23F3O2. The van der Waals surface area contributed by atoms with Crippen LogP contribution in [-0.2, 0) is 6.42 Å². The molecule has 0 spiro atoms. The lowest BCUT2D eigenvalue weighted by atomic mass is 9.80. The summed E-state index contributed by atoms with van der Waals surface area (Å²) in [6, 6.07) is 7.18. The van der Waals surface area contributed by atoms with Crippen LogP contribution < -0.4 is 4.74 Å². The molecule has 144 valence electrons. The highest BCUT2D eigenvalue weighted by atomic mass is 19.2. The molecule has 2 aromatic carbocycles. The molecule has 0 aliphatic heterocycles. The van der Waals surface area contributed by atoms with Crippen molar-refractivity contribution >= 4 is 5.97 Å². The summed E-state index contributed by atoms with van der Waals surface area (Å²) in [6.07, 6.45) is 6.76. The maximum atomic E-state index is 14.3. The first kappa shape index (κ1) is 19.5. The zero-order valence-corrected chi connectivity index (χ0v) is 15.3. The number of halogens is 3. The van der Waals surface area contributed by atoms with Gasteiger partial charge in [0.2, 0.25) is 0 Å². The van der Waals surface area contributed by atoms with Crippen molar-refractivity contribution in [2.45, 2.75) is 45.4 Å². The van der Waals surface area contributed by atoms with E-state index in [1.165, 1.54) is 37.8 Å². The van der Waals surface area contributed by atoms with Gasteiger partial charge in [-0.3, -0.25) is 0 Å². The van der Waals surface area contributed by atoms with E-state index < -0.39 is 23.4 Å². The van der Waals surface area contributed by atoms with Crippen molar-refractivity contribution < 1.29 is 22.7 Å². The van der Waals surface area contributed by atoms with Crippen molar-refractivity contribution in [1.29, 1.82) is 0 Å². The lowest BCUT2D eigenvalue weighted by Gasteiger charge is -2.26. The zero-order valence-electron chi connectivity index (χ0n) is 15.3. The highest BCUT2D eigenvalue weighted by Gasteiger charge is 2.19. The maximum Gasteiger partial charge on any atom is 0.346 e. The normalized spacial score (nSPS) is 19.7. The Kier molecular flexibility index (Phi) is 6.19. The van der Waals surface area contributed by atoms with E-state index in [0.717, 1.165) is 42.5 Å². The number of hydrogen-bond acceptors (Lipinski definition) is 2. The Morgan fingerprint density at radius 2 is 1.70 bits per heavy atom. The van der Waals surface area contributed by atoms with Crippen LogP contribution >= 0.6 is 0 Å². The Bertz CT molecular complexity index is 811. The number of esters is 1. The van der Waals surface area contributed by atoms with Crippen LogP contribution in [0.1, 0.15) is 54.9 Å². The Morgan fingerprint density at radius 1 is 0.963 bits per heavy atom. The van der Waals surface area contributed by atoms with Crippen LogP contribution in [0, 0.1) is 29.3 Å². The summed E-state index contributed by atoms with van der Waals surface area (Å²) in [5, 5.41) is 0. The van der Waals surface area contributed by atoms with Crippen LogP contribution in [0.25, 0.3) is 0 Å². The molecule has 1 aliphatic carbocycles. The van der Waals surface area contributed by atoms with Crippen LogP contribution in [0.4, 0.5) is 13.2 Å². The molecule has 0 unspecified atom stereocenters. The molecule has 0 N–H and O–H groups in total. The Balaban J connectivity index is 1.60. The topological polar surface area (TPSA) is 26.3 Å². The van der Waals surface area contributed by atoms with E-state index in [9.17, 15) is 18.0 Å². The monoisotopic (exact) mass is 376 g/mol. The van der Waals surface area contributed by atoms with Crippen molar-refractivity contribution in [1.82, 2.24) is 0 Å². The molecular weight excluding hydrogens is 353 g/mol. The molecule has 1 aliphatic rings. The van der Waals surface area contributed by atoms with Crippen molar-refractivity contribution in [3.63, 3.8) is 0 Å². The molecule has 3 rings (SSSR count). The van der Waals surface area contributed by atoms with Gasteiger partial charge < -0.3 is 4.74 Å². The standard InChI is InChI=1S/C22H23F3O2/c1-14-2-4-15(5-3-14)6-7-16-8-10-18(20(24)12-16)22(26)27-17-9-11-19(23)21(25)13-17/h8-15H,2-7H2,1H3. The van der Waals surface area contributed by atoms with Crippen LogP contribution in [0.5, 0.6) is 5.75 Å². The second kappa shape index (κ2) is 8.59. The molecule has 2 nitrogen and oxygen atoms in total. The van der Waals surface area contributed by atoms with Crippen molar-refractivity contribution in [2.75, 3.05) is 0 Å². The van der Waals surface area contributed by atoms with E-state index in [0.29, 0.717) is 5.92 Å². The van der Waals surface area contributed by atoms with Crippen molar-refractivity contribution in [2.24, 2.45) is 11.8 Å². The Labute approximate surface area is 157 Å². The highest BCUT2D eigenvalue weighted by Crippen LogP contribution is 2.31. The number of ether oxygens (including phenoxy) is 1. The number of benzene rings is 2. The minimum absolute atomic E-state index is 0.172. The second-order valence-corrected chi connectivity index (χ2v) is 7.44. The van der Waals surface area contributed by atoms with Crippen LogP contribution in [0.15, 0.2) is 36.4 Å². The Morgan fingerprint density at radius 3 is 2.37 bits per heavy atom. The summed E-state index contributed by atoms with van der Waals surface area (Å²) in [6.45, 7) is 2.28. The van der Waals surface area contributed by atoms with Gasteiger partial charge in [0.05, 0.1) is 5.56 Å². The van der Waals surface area contributed by atoms with E-state index >= 15 is 0 Å². The molecule has 0 saturated heterocycles. The minimum atomic E-state index is -1.13. The van der Waals surface area contributed by atoms with Gasteiger partial charge in [0.1, 0.15) is 11.6 Å². The molecule has 5 heteroatoms. The quantitative estimate of drug-likeness (QED) is 0.467. The van der Waals surface area contributed by atoms with Crippen LogP contribution in [0.3, 0.4) is 0 Å². The van der Waals surface area contributed by atoms with Gasteiger partial charge in [-0.15, -0.1) is 0 Å². The van der Waals surface area contributed by atoms with Gasteiger partial charge in [0.15, 0.2) is 11.6 Å². The first-order valence-electron chi connectivity index (χ1n) is 9.38. The first-order chi connectivity index (χ1) is 12.9. The van der Waals surface area contributed by atoms with E-state index in [-0.39, 0.29) is 11.3 Å². The fourth-order valence-electron chi connectivity index (χ4n) is 3.57. The van der Waals surface area contributed by atoms with Crippen LogP contribution in [0.2, 0.25) is 0 Å². The predicted octanol–water partition coefficient (Wildman–Crippen LogP) is 6.08. The lowest BCUT2D eigenvalue weighted by Crippen LogP contribution is -2.13. The fourth-order valence-corrected chi connectivity index (χ4v) is 3.57. The van der Waals surface area contributed by atoms with Gasteiger partial charge >= 0.3 is 5.97 Å². The summed E-state index contributed by atoms with van der Waals surface area (Å²) in [4.78, 5) is 12.1. The van der Waals surface area contributed by atoms with Gasteiger partial charge in [-0.2, -0.15) is 0 Å². The van der Waals surface area contributed by atoms with Crippen molar-refractivity contribution in [3.05, 3.63) is 65.0 Å². The number of aryl methyl sites for hydroxylation is 1. The van der Waals surface area contributed by atoms with E-state index in [1.54, 1.807) is 6.07 Å². The van der Waals surface area contributed by atoms with Gasteiger partial charge in [0.25, 0.3) is 0 Å². The smallest absolute Gasteiger partial charge is 0.346 e. The molecule has 27 heavy (non-hydrogen) atoms. The van der Waals surface area contributed by atoms with E-state index in [1.807, 2.05) is 0 Å². The average Bonchev–Trinajstić information content (AvgIpc) is 2.64. The summed E-state index contributed by atoms with van der Waals surface area (Å²) in [5.74, 6) is -2.47. The zero-order chi connectivity index (χ0) is 19.4. The summed E-state index contributed by atoms with van der Waals surface area (Å²) >= 11 is 0. The third kappa shape index (κ3) is 5.12. The minimum Gasteiger partial charge on any atom is -0.423 e. The lowest BCUT2D eigenvalue weighted by molar-refractivity contribution is 0.0729. The number of hydrogen-bond donors (Lipinski definition) is 0. The second-order valence-electron chi connectivity index (χ2n) is 7.44. The average molecular weight is 376 g/mol. The molecule has 1 saturated carbocycles. The number of carbonyl (C=O) groups is 1. The fraction of sp³-hybridized carbons (Fsp3) is 0.409. The van der Waals surface area contributed by atoms with Crippen molar-refractivity contribution in [3.8, 4) is 5.75 Å². The SMILES string of the molecule is CC1CCC(CCc2ccc(C(=O)Oc3ccc(F)c(F)c3)c(F)c2)CC1. The maximum absolute atomic E-state index is 14.3. The van der Waals surface area contributed by atoms with Crippen LogP contribution in [-0.4, -0.2) is 5.97 Å². The molecule has 0 bridgehead atoms. The molecule has 0 radical (unpaired) electrons. The summed E-state index contributed by atoms with van der Waals surface area (Å²) < 4.78 is 45.4. The largest absolute Gasteiger partial charge is 0.423 e. The van der Waals surface area contributed by atoms with Gasteiger partial charge in [0, 0.05) is 6.07 Å². The molecule has 0 aromatic heterocycles. The molecule has 2 aromatic rings. The van der Waals surface area contributed by atoms with Gasteiger partial charge in [-0.1, -0.05) is 38.7 Å². The third-order valence-electron chi connectivity index (χ3n) is 5.33. The first-order valence-corrected chi connectivity index (χ1v) is 9.38. The molecule has 0 amide bonds. The number of rotatable bonds is 5. The van der Waals surface area contributed by atoms with Gasteiger partial charge in [-0.25, -0.2) is 18.0 Å². The number of carbonyl (C=O) groups excluding carboxylic acids is 1. The molecule has 0 heterocycles. The Hall–Kier alpha value is -2.30. The summed E-state index contributed by atoms with van der Waals surface area (Å²) in [7, 11) is 0. The van der Waals surface area contributed by atoms with E-state index in [2.05, 4.69) is 6.92 Å². The third-order valence-corrected chi connectivity index (χ3v) is 5.33. The van der Waals surface area contributed by atoms with Gasteiger partial charge in [-0.05, 0) is 54.5 Å². The molecule has 0 atom stereocenters. The predicted molar refractivity (Wildman–Crippen MR) is 97.2 cm³/mol. The highest BCUT2D eigenvalue weighted by molar-refractivity contribution is 5.91.